The van der Waals surface area contributed by atoms with Gasteiger partial charge in [0.15, 0.2) is 0 Å². The number of nitrogens with two attached hydrogens (primary N) is 1. The molecule has 6 nitrogen and oxygen atoms in total. The van der Waals surface area contributed by atoms with E-state index < -0.39 is 10.0 Å². The van der Waals surface area contributed by atoms with Gasteiger partial charge in [-0.3, -0.25) is 0 Å². The molecule has 2 N–H and O–H groups in total. The number of hydrogen-bond donors (Lipinski definition) is 1. The highest BCUT2D eigenvalue weighted by Crippen LogP contribution is 2.32. The van der Waals surface area contributed by atoms with Crippen molar-refractivity contribution in [1.29, 1.82) is 0 Å². The monoisotopic (exact) mass is 284 g/mol. The predicted molar refractivity (Wildman–Crippen MR) is 72.8 cm³/mol. The van der Waals surface area contributed by atoms with Crippen molar-refractivity contribution in [2.45, 2.75) is 44.0 Å². The number of anilines is 1. The minimum absolute atomic E-state index is 0.0825. The smallest absolute Gasteiger partial charge is 0.246 e. The van der Waals surface area contributed by atoms with Crippen LogP contribution in [0.5, 0.6) is 0 Å². The van der Waals surface area contributed by atoms with E-state index in [0.29, 0.717) is 12.5 Å². The maximum atomic E-state index is 12.5. The number of sulfonamides is 1. The van der Waals surface area contributed by atoms with Gasteiger partial charge in [0.2, 0.25) is 16.0 Å². The molecule has 106 valence electrons. The maximum absolute atomic E-state index is 12.5. The number of hydrogen-bond acceptors (Lipinski definition) is 5. The second-order valence-electron chi connectivity index (χ2n) is 5.31. The molecule has 0 spiro atoms. The highest BCUT2D eigenvalue weighted by Gasteiger charge is 2.38. The van der Waals surface area contributed by atoms with E-state index in [1.165, 1.54) is 12.4 Å². The Kier molecular flexibility index (Phi) is 4.05. The molecule has 1 aliphatic carbocycles. The Balaban J connectivity index is 2.21. The van der Waals surface area contributed by atoms with E-state index in [1.54, 1.807) is 4.31 Å². The molecule has 0 saturated heterocycles. The van der Waals surface area contributed by atoms with Gasteiger partial charge in [-0.1, -0.05) is 13.8 Å². The normalized spacial score (nSPS) is 16.2. The van der Waals surface area contributed by atoms with Crippen molar-refractivity contribution in [3.05, 3.63) is 12.4 Å². The Morgan fingerprint density at radius 1 is 1.37 bits per heavy atom. The molecule has 1 aromatic heterocycles. The molecule has 0 aliphatic heterocycles. The average molecular weight is 284 g/mol. The number of rotatable bonds is 6. The molecule has 1 saturated carbocycles. The molecule has 0 radical (unpaired) electrons. The molecule has 0 amide bonds. The van der Waals surface area contributed by atoms with Crippen LogP contribution >= 0.6 is 0 Å². The van der Waals surface area contributed by atoms with Crippen molar-refractivity contribution >= 4 is 16.0 Å². The first-order chi connectivity index (χ1) is 8.91. The summed E-state index contributed by atoms with van der Waals surface area (Å²) in [7, 11) is -3.50. The van der Waals surface area contributed by atoms with Gasteiger partial charge in [-0.05, 0) is 25.2 Å². The lowest BCUT2D eigenvalue weighted by Gasteiger charge is -2.22. The number of nitrogens with zero attached hydrogens (tertiary/aromatic N) is 3. The van der Waals surface area contributed by atoms with E-state index in [1.807, 2.05) is 0 Å². The van der Waals surface area contributed by atoms with Crippen molar-refractivity contribution in [3.8, 4) is 0 Å². The molecule has 19 heavy (non-hydrogen) atoms. The van der Waals surface area contributed by atoms with Crippen molar-refractivity contribution in [3.63, 3.8) is 0 Å². The molecule has 7 heteroatoms. The zero-order valence-electron chi connectivity index (χ0n) is 11.3. The molecule has 2 rings (SSSR count). The quantitative estimate of drug-likeness (QED) is 0.849. The van der Waals surface area contributed by atoms with Gasteiger partial charge in [0, 0.05) is 12.6 Å². The molecule has 1 heterocycles. The fraction of sp³-hybridized carbons (Fsp3) is 0.667. The lowest BCUT2D eigenvalue weighted by Crippen LogP contribution is -2.34. The van der Waals surface area contributed by atoms with Crippen LogP contribution in [-0.2, 0) is 10.0 Å². The minimum Gasteiger partial charge on any atom is -0.368 e. The first kappa shape index (κ1) is 14.2. The third-order valence-electron chi connectivity index (χ3n) is 3.14. The first-order valence-corrected chi connectivity index (χ1v) is 7.94. The lowest BCUT2D eigenvalue weighted by atomic mass is 10.1. The topological polar surface area (TPSA) is 89.2 Å². The van der Waals surface area contributed by atoms with Gasteiger partial charge < -0.3 is 5.73 Å². The summed E-state index contributed by atoms with van der Waals surface area (Å²) in [5.41, 5.74) is 5.39. The minimum atomic E-state index is -3.50. The van der Waals surface area contributed by atoms with E-state index in [2.05, 4.69) is 23.8 Å². The molecule has 1 fully saturated rings. The van der Waals surface area contributed by atoms with Crippen LogP contribution in [0.15, 0.2) is 17.3 Å². The van der Waals surface area contributed by atoms with Gasteiger partial charge >= 0.3 is 0 Å². The molecule has 0 bridgehead atoms. The maximum Gasteiger partial charge on any atom is 0.246 e. The van der Waals surface area contributed by atoms with Crippen molar-refractivity contribution in [2.24, 2.45) is 5.92 Å². The Morgan fingerprint density at radius 2 is 1.95 bits per heavy atom. The van der Waals surface area contributed by atoms with Crippen LogP contribution in [0.4, 0.5) is 5.95 Å². The van der Waals surface area contributed by atoms with Crippen LogP contribution in [0.25, 0.3) is 0 Å². The van der Waals surface area contributed by atoms with Gasteiger partial charge in [-0.2, -0.15) is 4.31 Å². The van der Waals surface area contributed by atoms with Crippen molar-refractivity contribution in [2.75, 3.05) is 12.3 Å². The summed E-state index contributed by atoms with van der Waals surface area (Å²) in [6.45, 7) is 4.73. The zero-order chi connectivity index (χ0) is 14.0. The molecule has 0 atom stereocenters. The molecular formula is C12H20N4O2S. The fourth-order valence-corrected chi connectivity index (χ4v) is 3.43. The summed E-state index contributed by atoms with van der Waals surface area (Å²) in [6.07, 6.45) is 5.29. The Bertz CT molecular complexity index is 523. The van der Waals surface area contributed by atoms with Gasteiger partial charge in [-0.25, -0.2) is 18.4 Å². The number of aromatic nitrogens is 2. The first-order valence-electron chi connectivity index (χ1n) is 6.50. The second-order valence-corrected chi connectivity index (χ2v) is 7.20. The van der Waals surface area contributed by atoms with Crippen LogP contribution in [-0.4, -0.2) is 35.3 Å². The fourth-order valence-electron chi connectivity index (χ4n) is 1.84. The standard InChI is InChI=1S/C12H20N4O2S/c1-9(2)5-6-16(10-3-4-10)19(17,18)11-7-14-12(13)15-8-11/h7-10H,3-6H2,1-2H3,(H2,13,14,15). The summed E-state index contributed by atoms with van der Waals surface area (Å²) in [6, 6.07) is 0.140. The van der Waals surface area contributed by atoms with Gasteiger partial charge in [0.1, 0.15) is 4.90 Å². The van der Waals surface area contributed by atoms with E-state index in [9.17, 15) is 8.42 Å². The summed E-state index contributed by atoms with van der Waals surface area (Å²) < 4.78 is 26.7. The summed E-state index contributed by atoms with van der Waals surface area (Å²) >= 11 is 0. The lowest BCUT2D eigenvalue weighted by molar-refractivity contribution is 0.373. The summed E-state index contributed by atoms with van der Waals surface area (Å²) in [5.74, 6) is 0.554. The van der Waals surface area contributed by atoms with Crippen LogP contribution in [0, 0.1) is 5.92 Å². The molecule has 0 unspecified atom stereocenters. The molecule has 0 aromatic carbocycles. The summed E-state index contributed by atoms with van der Waals surface area (Å²) in [4.78, 5) is 7.65. The Labute approximate surface area is 114 Å². The van der Waals surface area contributed by atoms with Crippen molar-refractivity contribution < 1.29 is 8.42 Å². The Morgan fingerprint density at radius 3 is 2.42 bits per heavy atom. The second kappa shape index (κ2) is 5.42. The molecule has 1 aliphatic rings. The Hall–Kier alpha value is -1.21. The van der Waals surface area contributed by atoms with E-state index in [4.69, 9.17) is 5.73 Å². The van der Waals surface area contributed by atoms with E-state index in [-0.39, 0.29) is 16.9 Å². The third-order valence-corrected chi connectivity index (χ3v) is 5.04. The third kappa shape index (κ3) is 3.42. The highest BCUT2D eigenvalue weighted by atomic mass is 32.2. The SMILES string of the molecule is CC(C)CCN(C1CC1)S(=O)(=O)c1cnc(N)nc1. The summed E-state index contributed by atoms with van der Waals surface area (Å²) in [5, 5.41) is 0. The van der Waals surface area contributed by atoms with E-state index in [0.717, 1.165) is 19.3 Å². The molecule has 1 aromatic rings. The van der Waals surface area contributed by atoms with Gasteiger partial charge in [0.05, 0.1) is 12.4 Å². The predicted octanol–water partition coefficient (Wildman–Crippen LogP) is 1.26. The van der Waals surface area contributed by atoms with Crippen LogP contribution in [0.1, 0.15) is 33.1 Å². The average Bonchev–Trinajstić information content (AvgIpc) is 3.13. The number of nitrogen functional groups attached to an aromatic ring is 1. The van der Waals surface area contributed by atoms with Crippen LogP contribution in [0.2, 0.25) is 0 Å². The zero-order valence-corrected chi connectivity index (χ0v) is 12.1. The van der Waals surface area contributed by atoms with Crippen molar-refractivity contribution in [1.82, 2.24) is 14.3 Å². The highest BCUT2D eigenvalue weighted by molar-refractivity contribution is 7.89. The molecular weight excluding hydrogens is 264 g/mol. The van der Waals surface area contributed by atoms with E-state index >= 15 is 0 Å². The van der Waals surface area contributed by atoms with Gasteiger partial charge in [-0.15, -0.1) is 0 Å². The van der Waals surface area contributed by atoms with Crippen LogP contribution in [0.3, 0.4) is 0 Å². The van der Waals surface area contributed by atoms with Crippen LogP contribution < -0.4 is 5.73 Å². The largest absolute Gasteiger partial charge is 0.368 e. The van der Waals surface area contributed by atoms with Gasteiger partial charge in [0.25, 0.3) is 0 Å².